The number of nitrogens with two attached hydrogens (primary N) is 1. The SMILES string of the molecule is CC(C)N(C)S(=O)(=O)c1ccc(CNC(=O)CC(N)c2ccccc2)cc1. The number of hydrogen-bond donors (Lipinski definition) is 2. The lowest BCUT2D eigenvalue weighted by Gasteiger charge is -2.21. The summed E-state index contributed by atoms with van der Waals surface area (Å²) in [6, 6.07) is 15.5. The van der Waals surface area contributed by atoms with Crippen LogP contribution in [0.5, 0.6) is 0 Å². The number of sulfonamides is 1. The van der Waals surface area contributed by atoms with Crippen LogP contribution < -0.4 is 11.1 Å². The highest BCUT2D eigenvalue weighted by molar-refractivity contribution is 7.89. The van der Waals surface area contributed by atoms with Crippen molar-refractivity contribution in [3.05, 3.63) is 65.7 Å². The number of hydrogen-bond acceptors (Lipinski definition) is 4. The van der Waals surface area contributed by atoms with E-state index in [0.29, 0.717) is 6.54 Å². The third-order valence-corrected chi connectivity index (χ3v) is 6.50. The average Bonchev–Trinajstić information content (AvgIpc) is 2.66. The zero-order valence-corrected chi connectivity index (χ0v) is 16.7. The summed E-state index contributed by atoms with van der Waals surface area (Å²) in [7, 11) is -1.94. The summed E-state index contributed by atoms with van der Waals surface area (Å²) in [5, 5.41) is 2.82. The van der Waals surface area contributed by atoms with Crippen LogP contribution in [0.25, 0.3) is 0 Å². The third-order valence-electron chi connectivity index (χ3n) is 4.45. The predicted octanol–water partition coefficient (Wildman–Crippen LogP) is 2.42. The second-order valence-electron chi connectivity index (χ2n) is 6.76. The van der Waals surface area contributed by atoms with Crippen molar-refractivity contribution in [1.82, 2.24) is 9.62 Å². The molecular formula is C20H27N3O3S. The maximum Gasteiger partial charge on any atom is 0.243 e. The van der Waals surface area contributed by atoms with Crippen molar-refractivity contribution < 1.29 is 13.2 Å². The molecule has 0 aromatic heterocycles. The van der Waals surface area contributed by atoms with Gasteiger partial charge in [0.15, 0.2) is 0 Å². The molecule has 27 heavy (non-hydrogen) atoms. The van der Waals surface area contributed by atoms with Gasteiger partial charge >= 0.3 is 0 Å². The van der Waals surface area contributed by atoms with Gasteiger partial charge in [0.2, 0.25) is 15.9 Å². The predicted molar refractivity (Wildman–Crippen MR) is 106 cm³/mol. The first-order chi connectivity index (χ1) is 12.7. The van der Waals surface area contributed by atoms with Crippen LogP contribution in [-0.2, 0) is 21.4 Å². The third kappa shape index (κ3) is 5.63. The number of benzene rings is 2. The van der Waals surface area contributed by atoms with Gasteiger partial charge in [-0.2, -0.15) is 4.31 Å². The highest BCUT2D eigenvalue weighted by atomic mass is 32.2. The van der Waals surface area contributed by atoms with Crippen molar-refractivity contribution in [3.63, 3.8) is 0 Å². The lowest BCUT2D eigenvalue weighted by atomic mass is 10.0. The summed E-state index contributed by atoms with van der Waals surface area (Å²) in [5.41, 5.74) is 7.79. The molecular weight excluding hydrogens is 362 g/mol. The molecule has 1 atom stereocenters. The summed E-state index contributed by atoms with van der Waals surface area (Å²) in [4.78, 5) is 12.3. The van der Waals surface area contributed by atoms with Crippen LogP contribution in [0.3, 0.4) is 0 Å². The molecule has 2 rings (SSSR count). The summed E-state index contributed by atoms with van der Waals surface area (Å²) < 4.78 is 26.2. The molecule has 1 amide bonds. The molecule has 7 heteroatoms. The summed E-state index contributed by atoms with van der Waals surface area (Å²) in [6.45, 7) is 3.96. The summed E-state index contributed by atoms with van der Waals surface area (Å²) in [6.07, 6.45) is 0.190. The van der Waals surface area contributed by atoms with Gasteiger partial charge in [0, 0.05) is 32.1 Å². The van der Waals surface area contributed by atoms with Crippen molar-refractivity contribution in [3.8, 4) is 0 Å². The van der Waals surface area contributed by atoms with Crippen molar-refractivity contribution in [2.24, 2.45) is 5.73 Å². The Morgan fingerprint density at radius 2 is 1.67 bits per heavy atom. The Morgan fingerprint density at radius 1 is 1.07 bits per heavy atom. The largest absolute Gasteiger partial charge is 0.352 e. The molecule has 0 radical (unpaired) electrons. The average molecular weight is 390 g/mol. The van der Waals surface area contributed by atoms with Gasteiger partial charge in [-0.15, -0.1) is 0 Å². The number of carbonyl (C=O) groups excluding carboxylic acids is 1. The van der Waals surface area contributed by atoms with Gasteiger partial charge in [-0.1, -0.05) is 42.5 Å². The minimum atomic E-state index is -3.50. The zero-order valence-electron chi connectivity index (χ0n) is 15.9. The molecule has 2 aromatic carbocycles. The molecule has 0 spiro atoms. The summed E-state index contributed by atoms with van der Waals surface area (Å²) >= 11 is 0. The van der Waals surface area contributed by atoms with Gasteiger partial charge in [-0.25, -0.2) is 8.42 Å². The van der Waals surface area contributed by atoms with E-state index in [4.69, 9.17) is 5.73 Å². The molecule has 0 saturated carbocycles. The Kier molecular flexibility index (Phi) is 7.12. The van der Waals surface area contributed by atoms with Crippen LogP contribution >= 0.6 is 0 Å². The molecule has 0 aliphatic carbocycles. The first-order valence-corrected chi connectivity index (χ1v) is 10.3. The van der Waals surface area contributed by atoms with E-state index in [9.17, 15) is 13.2 Å². The zero-order chi connectivity index (χ0) is 20.0. The van der Waals surface area contributed by atoms with Crippen molar-refractivity contribution in [1.29, 1.82) is 0 Å². The molecule has 0 fully saturated rings. The molecule has 0 heterocycles. The van der Waals surface area contributed by atoms with Gasteiger partial charge in [0.25, 0.3) is 0 Å². The lowest BCUT2D eigenvalue weighted by molar-refractivity contribution is -0.121. The Morgan fingerprint density at radius 3 is 2.22 bits per heavy atom. The Hall–Kier alpha value is -2.22. The second-order valence-corrected chi connectivity index (χ2v) is 8.75. The molecule has 0 aliphatic heterocycles. The standard InChI is InChI=1S/C20H27N3O3S/c1-15(2)23(3)27(25,26)18-11-9-16(10-12-18)14-22-20(24)13-19(21)17-7-5-4-6-8-17/h4-12,15,19H,13-14,21H2,1-3H3,(H,22,24). The molecule has 0 bridgehead atoms. The van der Waals surface area contributed by atoms with Gasteiger partial charge in [0.05, 0.1) is 4.90 Å². The fourth-order valence-corrected chi connectivity index (χ4v) is 3.88. The Bertz CT molecular complexity index is 850. The molecule has 1 unspecified atom stereocenters. The van der Waals surface area contributed by atoms with E-state index >= 15 is 0 Å². The number of nitrogens with one attached hydrogen (secondary N) is 1. The maximum absolute atomic E-state index is 12.4. The fraction of sp³-hybridized carbons (Fsp3) is 0.350. The quantitative estimate of drug-likeness (QED) is 0.725. The lowest BCUT2D eigenvalue weighted by Crippen LogP contribution is -2.33. The van der Waals surface area contributed by atoms with Crippen molar-refractivity contribution in [2.75, 3.05) is 7.05 Å². The highest BCUT2D eigenvalue weighted by Crippen LogP contribution is 2.17. The van der Waals surface area contributed by atoms with E-state index in [1.807, 2.05) is 44.2 Å². The van der Waals surface area contributed by atoms with E-state index in [1.54, 1.807) is 31.3 Å². The number of rotatable bonds is 8. The van der Waals surface area contributed by atoms with Gasteiger partial charge in [0.1, 0.15) is 0 Å². The number of carbonyl (C=O) groups is 1. The summed E-state index contributed by atoms with van der Waals surface area (Å²) in [5.74, 6) is -0.150. The molecule has 6 nitrogen and oxygen atoms in total. The smallest absolute Gasteiger partial charge is 0.243 e. The number of amides is 1. The highest BCUT2D eigenvalue weighted by Gasteiger charge is 2.22. The van der Waals surface area contributed by atoms with Crippen LogP contribution in [0.15, 0.2) is 59.5 Å². The molecule has 0 aliphatic rings. The van der Waals surface area contributed by atoms with Gasteiger partial charge in [-0.3, -0.25) is 4.79 Å². The van der Waals surface area contributed by atoms with Gasteiger partial charge in [-0.05, 0) is 37.1 Å². The van der Waals surface area contributed by atoms with Crippen LogP contribution in [-0.4, -0.2) is 31.7 Å². The fourth-order valence-electron chi connectivity index (χ4n) is 2.51. The second kappa shape index (κ2) is 9.12. The van der Waals surface area contributed by atoms with Crippen LogP contribution in [0.4, 0.5) is 0 Å². The van der Waals surface area contributed by atoms with Crippen LogP contribution in [0.2, 0.25) is 0 Å². The minimum Gasteiger partial charge on any atom is -0.352 e. The minimum absolute atomic E-state index is 0.122. The van der Waals surface area contributed by atoms with Crippen molar-refractivity contribution >= 4 is 15.9 Å². The van der Waals surface area contributed by atoms with Crippen LogP contribution in [0, 0.1) is 0 Å². The monoisotopic (exact) mass is 389 g/mol. The molecule has 0 saturated heterocycles. The van der Waals surface area contributed by atoms with E-state index < -0.39 is 10.0 Å². The molecule has 3 N–H and O–H groups in total. The van der Waals surface area contributed by atoms with Crippen LogP contribution in [0.1, 0.15) is 37.4 Å². The normalized spacial score (nSPS) is 13.0. The maximum atomic E-state index is 12.4. The van der Waals surface area contributed by atoms with Crippen molar-refractivity contribution in [2.45, 2.75) is 43.8 Å². The molecule has 146 valence electrons. The van der Waals surface area contributed by atoms with E-state index in [-0.39, 0.29) is 29.3 Å². The first kappa shape index (κ1) is 21.1. The first-order valence-electron chi connectivity index (χ1n) is 8.86. The van der Waals surface area contributed by atoms with E-state index in [0.717, 1.165) is 11.1 Å². The molecule has 2 aromatic rings. The Labute approximate surface area is 161 Å². The Balaban J connectivity index is 1.92. The topological polar surface area (TPSA) is 92.5 Å². The van der Waals surface area contributed by atoms with E-state index in [1.165, 1.54) is 4.31 Å². The van der Waals surface area contributed by atoms with E-state index in [2.05, 4.69) is 5.32 Å². The van der Waals surface area contributed by atoms with Gasteiger partial charge < -0.3 is 11.1 Å². The number of nitrogens with zero attached hydrogens (tertiary/aromatic N) is 1.